The maximum Gasteiger partial charge on any atom is 0.0928 e. The van der Waals surface area contributed by atoms with Gasteiger partial charge in [0.15, 0.2) is 0 Å². The Balaban J connectivity index is 2.47. The minimum atomic E-state index is -0.694. The maximum atomic E-state index is 10.1. The first-order chi connectivity index (χ1) is 8.52. The zero-order valence-corrected chi connectivity index (χ0v) is 11.7. The molecule has 0 aliphatic carbocycles. The smallest absolute Gasteiger partial charge is 0.0928 e. The lowest BCUT2D eigenvalue weighted by Crippen LogP contribution is -2.40. The Morgan fingerprint density at radius 1 is 1.28 bits per heavy atom. The van der Waals surface area contributed by atoms with E-state index in [1.165, 1.54) is 0 Å². The number of hydrogen-bond acceptors (Lipinski definition) is 3. The number of halogens is 1. The first-order valence-electron chi connectivity index (χ1n) is 6.38. The van der Waals surface area contributed by atoms with Crippen molar-refractivity contribution >= 4 is 11.6 Å². The Hall–Kier alpha value is -0.610. The molecule has 0 saturated carbocycles. The predicted molar refractivity (Wildman–Crippen MR) is 74.8 cm³/mol. The number of nitrogens with one attached hydrogen (secondary N) is 1. The van der Waals surface area contributed by atoms with Crippen molar-refractivity contribution in [1.29, 1.82) is 0 Å². The van der Waals surface area contributed by atoms with E-state index in [0.29, 0.717) is 36.5 Å². The summed E-state index contributed by atoms with van der Waals surface area (Å²) in [5.41, 5.74) is 0.0171. The molecule has 0 spiro atoms. The van der Waals surface area contributed by atoms with Gasteiger partial charge in [-0.2, -0.15) is 0 Å². The standard InChI is InChI=1S/C14H22ClNO2/c1-3-14(18,4-2)10-16-9-13(17)11-7-5-6-8-12(11)15/h5-8,13,16-18H,3-4,9-10H2,1-2H3. The van der Waals surface area contributed by atoms with Crippen LogP contribution in [0, 0.1) is 0 Å². The van der Waals surface area contributed by atoms with E-state index in [-0.39, 0.29) is 0 Å². The van der Waals surface area contributed by atoms with Gasteiger partial charge in [0.25, 0.3) is 0 Å². The molecule has 0 saturated heterocycles. The van der Waals surface area contributed by atoms with E-state index >= 15 is 0 Å². The molecule has 1 unspecified atom stereocenters. The summed E-state index contributed by atoms with van der Waals surface area (Å²) >= 11 is 6.01. The van der Waals surface area contributed by atoms with Crippen LogP contribution in [0.1, 0.15) is 38.4 Å². The van der Waals surface area contributed by atoms with Gasteiger partial charge in [-0.15, -0.1) is 0 Å². The second-order valence-corrected chi connectivity index (χ2v) is 5.01. The third-order valence-electron chi connectivity index (χ3n) is 3.37. The summed E-state index contributed by atoms with van der Waals surface area (Å²) in [7, 11) is 0. The normalized spacial score (nSPS) is 13.6. The van der Waals surface area contributed by atoms with Gasteiger partial charge in [0.1, 0.15) is 0 Å². The first kappa shape index (κ1) is 15.4. The fourth-order valence-corrected chi connectivity index (χ4v) is 2.06. The fourth-order valence-electron chi connectivity index (χ4n) is 1.80. The molecule has 1 atom stereocenters. The van der Waals surface area contributed by atoms with Crippen molar-refractivity contribution in [2.45, 2.75) is 38.4 Å². The van der Waals surface area contributed by atoms with Crippen LogP contribution in [0.4, 0.5) is 0 Å². The molecule has 0 aliphatic heterocycles. The van der Waals surface area contributed by atoms with Gasteiger partial charge in [-0.25, -0.2) is 0 Å². The van der Waals surface area contributed by atoms with Gasteiger partial charge in [-0.3, -0.25) is 0 Å². The molecule has 0 heterocycles. The molecule has 0 amide bonds. The maximum absolute atomic E-state index is 10.1. The van der Waals surface area contributed by atoms with Crippen LogP contribution in [0.2, 0.25) is 5.02 Å². The zero-order chi connectivity index (χ0) is 13.6. The van der Waals surface area contributed by atoms with Gasteiger partial charge < -0.3 is 15.5 Å². The van der Waals surface area contributed by atoms with E-state index in [0.717, 1.165) is 0 Å². The second-order valence-electron chi connectivity index (χ2n) is 4.60. The first-order valence-corrected chi connectivity index (χ1v) is 6.76. The largest absolute Gasteiger partial charge is 0.389 e. The third kappa shape index (κ3) is 4.25. The molecular formula is C14H22ClNO2. The Kier molecular flexibility index (Phi) is 6.09. The monoisotopic (exact) mass is 271 g/mol. The summed E-state index contributed by atoms with van der Waals surface area (Å²) < 4.78 is 0. The second kappa shape index (κ2) is 7.10. The molecular weight excluding hydrogens is 250 g/mol. The highest BCUT2D eigenvalue weighted by molar-refractivity contribution is 6.31. The van der Waals surface area contributed by atoms with Crippen molar-refractivity contribution in [3.63, 3.8) is 0 Å². The van der Waals surface area contributed by atoms with Crippen LogP contribution in [0.25, 0.3) is 0 Å². The lowest BCUT2D eigenvalue weighted by atomic mass is 9.97. The SMILES string of the molecule is CCC(O)(CC)CNCC(O)c1ccccc1Cl. The molecule has 102 valence electrons. The van der Waals surface area contributed by atoms with Crippen molar-refractivity contribution in [1.82, 2.24) is 5.32 Å². The van der Waals surface area contributed by atoms with E-state index in [4.69, 9.17) is 11.6 Å². The van der Waals surface area contributed by atoms with Crippen LogP contribution in [-0.4, -0.2) is 28.9 Å². The summed E-state index contributed by atoms with van der Waals surface area (Å²) in [6.45, 7) is 4.76. The minimum absolute atomic E-state index is 0.381. The molecule has 0 bridgehead atoms. The van der Waals surface area contributed by atoms with E-state index in [9.17, 15) is 10.2 Å². The Morgan fingerprint density at radius 3 is 2.44 bits per heavy atom. The topological polar surface area (TPSA) is 52.5 Å². The van der Waals surface area contributed by atoms with Crippen molar-refractivity contribution in [2.75, 3.05) is 13.1 Å². The highest BCUT2D eigenvalue weighted by Gasteiger charge is 2.22. The lowest BCUT2D eigenvalue weighted by molar-refractivity contribution is 0.0293. The summed E-state index contributed by atoms with van der Waals surface area (Å²) in [5.74, 6) is 0. The fraction of sp³-hybridized carbons (Fsp3) is 0.571. The Labute approximate surface area is 114 Å². The van der Waals surface area contributed by atoms with E-state index in [1.54, 1.807) is 12.1 Å². The molecule has 3 nitrogen and oxygen atoms in total. The summed E-state index contributed by atoms with van der Waals surface area (Å²) in [4.78, 5) is 0. The summed E-state index contributed by atoms with van der Waals surface area (Å²) in [6.07, 6.45) is 0.730. The van der Waals surface area contributed by atoms with Crippen LogP contribution in [-0.2, 0) is 0 Å². The lowest BCUT2D eigenvalue weighted by Gasteiger charge is -2.26. The number of benzene rings is 1. The molecule has 0 fully saturated rings. The molecule has 0 radical (unpaired) electrons. The van der Waals surface area contributed by atoms with Crippen LogP contribution in [0.15, 0.2) is 24.3 Å². The van der Waals surface area contributed by atoms with Gasteiger partial charge in [0.05, 0.1) is 11.7 Å². The number of aliphatic hydroxyl groups excluding tert-OH is 1. The summed E-state index contributed by atoms with van der Waals surface area (Å²) in [5, 5.41) is 23.8. The summed E-state index contributed by atoms with van der Waals surface area (Å²) in [6, 6.07) is 7.24. The molecule has 3 N–H and O–H groups in total. The van der Waals surface area contributed by atoms with Crippen molar-refractivity contribution in [2.24, 2.45) is 0 Å². The Bertz CT molecular complexity index is 367. The van der Waals surface area contributed by atoms with Gasteiger partial charge in [0, 0.05) is 23.7 Å². The van der Waals surface area contributed by atoms with Gasteiger partial charge >= 0.3 is 0 Å². The van der Waals surface area contributed by atoms with E-state index < -0.39 is 11.7 Å². The van der Waals surface area contributed by atoms with Crippen LogP contribution >= 0.6 is 11.6 Å². The van der Waals surface area contributed by atoms with Gasteiger partial charge in [-0.05, 0) is 18.9 Å². The van der Waals surface area contributed by atoms with Crippen molar-refractivity contribution in [3.8, 4) is 0 Å². The predicted octanol–water partition coefficient (Wildman–Crippen LogP) is 2.51. The number of rotatable bonds is 7. The van der Waals surface area contributed by atoms with Crippen molar-refractivity contribution < 1.29 is 10.2 Å². The third-order valence-corrected chi connectivity index (χ3v) is 3.72. The molecule has 1 aromatic rings. The molecule has 0 aliphatic rings. The van der Waals surface area contributed by atoms with E-state index in [2.05, 4.69) is 5.32 Å². The number of aliphatic hydroxyl groups is 2. The van der Waals surface area contributed by atoms with Crippen LogP contribution in [0.5, 0.6) is 0 Å². The quantitative estimate of drug-likeness (QED) is 0.714. The molecule has 18 heavy (non-hydrogen) atoms. The van der Waals surface area contributed by atoms with Crippen molar-refractivity contribution in [3.05, 3.63) is 34.9 Å². The highest BCUT2D eigenvalue weighted by Crippen LogP contribution is 2.22. The minimum Gasteiger partial charge on any atom is -0.389 e. The number of hydrogen-bond donors (Lipinski definition) is 3. The van der Waals surface area contributed by atoms with E-state index in [1.807, 2.05) is 26.0 Å². The highest BCUT2D eigenvalue weighted by atomic mass is 35.5. The van der Waals surface area contributed by atoms with Crippen LogP contribution < -0.4 is 5.32 Å². The molecule has 0 aromatic heterocycles. The van der Waals surface area contributed by atoms with Gasteiger partial charge in [0.2, 0.25) is 0 Å². The van der Waals surface area contributed by atoms with Gasteiger partial charge in [-0.1, -0.05) is 43.6 Å². The molecule has 4 heteroatoms. The van der Waals surface area contributed by atoms with Crippen LogP contribution in [0.3, 0.4) is 0 Å². The molecule has 1 aromatic carbocycles. The molecule has 1 rings (SSSR count). The average Bonchev–Trinajstić information content (AvgIpc) is 2.39. The Morgan fingerprint density at radius 2 is 1.89 bits per heavy atom. The zero-order valence-electron chi connectivity index (χ0n) is 11.0. The average molecular weight is 272 g/mol.